The fourth-order valence-corrected chi connectivity index (χ4v) is 4.63. The Morgan fingerprint density at radius 3 is 2.13 bits per heavy atom. The lowest BCUT2D eigenvalue weighted by molar-refractivity contribution is -0.126. The zero-order chi connectivity index (χ0) is 20.9. The van der Waals surface area contributed by atoms with Crippen molar-refractivity contribution in [2.45, 2.75) is 41.5 Å². The van der Waals surface area contributed by atoms with E-state index in [1.54, 1.807) is 11.8 Å². The van der Waals surface area contributed by atoms with E-state index in [1.165, 1.54) is 4.90 Å². The van der Waals surface area contributed by atoms with Gasteiger partial charge in [-0.2, -0.15) is 0 Å². The summed E-state index contributed by atoms with van der Waals surface area (Å²) in [6, 6.07) is 16.5. The predicted molar refractivity (Wildman–Crippen MR) is 124 cm³/mol. The Balaban J connectivity index is 1.20. The number of carbonyl (C=O) groups excluding carboxylic acids is 2. The lowest BCUT2D eigenvalue weighted by Gasteiger charge is -2.30. The van der Waals surface area contributed by atoms with E-state index in [-0.39, 0.29) is 17.7 Å². The summed E-state index contributed by atoms with van der Waals surface area (Å²) in [7, 11) is 0. The van der Waals surface area contributed by atoms with E-state index in [0.717, 1.165) is 53.8 Å². The number of amides is 2. The molecule has 0 unspecified atom stereocenters. The number of carbonyl (C=O) groups is 2. The molecule has 30 heavy (non-hydrogen) atoms. The molecule has 7 heteroatoms. The number of benzene rings is 2. The molecule has 2 fully saturated rings. The van der Waals surface area contributed by atoms with Crippen LogP contribution in [0.25, 0.3) is 0 Å². The van der Waals surface area contributed by atoms with E-state index in [0.29, 0.717) is 12.6 Å². The smallest absolute Gasteiger partial charge is 0.238 e. The van der Waals surface area contributed by atoms with Gasteiger partial charge in [-0.25, -0.2) is 0 Å². The van der Waals surface area contributed by atoms with E-state index >= 15 is 0 Å². The minimum Gasteiger partial charge on any atom is -0.353 e. The van der Waals surface area contributed by atoms with E-state index < -0.39 is 0 Å². The van der Waals surface area contributed by atoms with Crippen LogP contribution in [0.15, 0.2) is 62.8 Å². The topological polar surface area (TPSA) is 61.4 Å². The van der Waals surface area contributed by atoms with Crippen molar-refractivity contribution in [2.75, 3.05) is 25.0 Å². The Morgan fingerprint density at radius 1 is 0.933 bits per heavy atom. The van der Waals surface area contributed by atoms with Gasteiger partial charge in [0, 0.05) is 31.9 Å². The summed E-state index contributed by atoms with van der Waals surface area (Å²) in [4.78, 5) is 29.0. The van der Waals surface area contributed by atoms with Crippen LogP contribution in [0, 0.1) is 5.92 Å². The van der Waals surface area contributed by atoms with Crippen LogP contribution < -0.4 is 10.6 Å². The number of halogens is 1. The summed E-state index contributed by atoms with van der Waals surface area (Å²) in [5.41, 5.74) is 0.804. The largest absolute Gasteiger partial charge is 0.353 e. The van der Waals surface area contributed by atoms with Crippen molar-refractivity contribution in [1.29, 1.82) is 0 Å². The lowest BCUT2D eigenvalue weighted by Crippen LogP contribution is -2.43. The first-order valence-corrected chi connectivity index (χ1v) is 12.0. The van der Waals surface area contributed by atoms with Gasteiger partial charge in [0.15, 0.2) is 0 Å². The molecule has 2 N–H and O–H groups in total. The number of likely N-dealkylation sites (tertiary alicyclic amines) is 1. The number of anilines is 1. The Hall–Kier alpha value is -1.83. The molecule has 2 aromatic carbocycles. The SMILES string of the molecule is O=C(CN1CCC(C(=O)NC2CC2)CC1)Nc1ccc(Sc2ccc(Br)cc2)cc1. The zero-order valence-corrected chi connectivity index (χ0v) is 19.2. The third-order valence-corrected chi connectivity index (χ3v) is 6.98. The highest BCUT2D eigenvalue weighted by Crippen LogP contribution is 2.29. The molecule has 0 radical (unpaired) electrons. The van der Waals surface area contributed by atoms with Gasteiger partial charge in [0.1, 0.15) is 0 Å². The van der Waals surface area contributed by atoms with Crippen LogP contribution in [0.1, 0.15) is 25.7 Å². The molecule has 2 aliphatic rings. The molecule has 1 aliphatic carbocycles. The quantitative estimate of drug-likeness (QED) is 0.602. The van der Waals surface area contributed by atoms with Gasteiger partial charge in [-0.15, -0.1) is 0 Å². The van der Waals surface area contributed by atoms with Crippen LogP contribution >= 0.6 is 27.7 Å². The van der Waals surface area contributed by atoms with E-state index in [9.17, 15) is 9.59 Å². The monoisotopic (exact) mass is 487 g/mol. The second-order valence-electron chi connectivity index (χ2n) is 7.96. The number of rotatable bonds is 7. The number of piperidine rings is 1. The fourth-order valence-electron chi connectivity index (χ4n) is 3.55. The lowest BCUT2D eigenvalue weighted by atomic mass is 9.96. The van der Waals surface area contributed by atoms with Gasteiger partial charge in [0.2, 0.25) is 11.8 Å². The molecule has 2 aromatic rings. The number of nitrogens with one attached hydrogen (secondary N) is 2. The summed E-state index contributed by atoms with van der Waals surface area (Å²) in [5, 5.41) is 6.07. The normalized spacial score (nSPS) is 17.5. The van der Waals surface area contributed by atoms with Crippen LogP contribution in [-0.2, 0) is 9.59 Å². The Labute approximate surface area is 190 Å². The van der Waals surface area contributed by atoms with Crippen molar-refractivity contribution >= 4 is 45.2 Å². The molecule has 1 heterocycles. The van der Waals surface area contributed by atoms with Crippen LogP contribution in [-0.4, -0.2) is 42.4 Å². The molecule has 0 bridgehead atoms. The molecular formula is C23H26BrN3O2S. The molecule has 2 amide bonds. The minimum absolute atomic E-state index is 0.0100. The third kappa shape index (κ3) is 6.33. The highest BCUT2D eigenvalue weighted by Gasteiger charge is 2.30. The predicted octanol–water partition coefficient (Wildman–Crippen LogP) is 4.53. The Bertz CT molecular complexity index is 876. The highest BCUT2D eigenvalue weighted by atomic mass is 79.9. The molecule has 1 saturated carbocycles. The average Bonchev–Trinajstić information content (AvgIpc) is 3.55. The molecule has 4 rings (SSSR count). The van der Waals surface area contributed by atoms with Gasteiger partial charge in [-0.3, -0.25) is 14.5 Å². The van der Waals surface area contributed by atoms with Crippen molar-refractivity contribution in [3.8, 4) is 0 Å². The van der Waals surface area contributed by atoms with Gasteiger partial charge in [0.05, 0.1) is 6.54 Å². The standard InChI is InChI=1S/C23H26BrN3O2S/c24-17-1-7-20(8-2-17)30-21-9-5-18(6-10-21)25-22(28)15-27-13-11-16(12-14-27)23(29)26-19-3-4-19/h1-2,5-10,16,19H,3-4,11-15H2,(H,25,28)(H,26,29). The van der Waals surface area contributed by atoms with Gasteiger partial charge in [-0.1, -0.05) is 27.7 Å². The van der Waals surface area contributed by atoms with Crippen LogP contribution in [0.2, 0.25) is 0 Å². The summed E-state index contributed by atoms with van der Waals surface area (Å²) in [5.74, 6) is 0.285. The van der Waals surface area contributed by atoms with Crippen LogP contribution in [0.3, 0.4) is 0 Å². The average molecular weight is 488 g/mol. The molecule has 1 saturated heterocycles. The molecule has 0 atom stereocenters. The maximum Gasteiger partial charge on any atom is 0.238 e. The molecule has 1 aliphatic heterocycles. The first-order valence-electron chi connectivity index (χ1n) is 10.4. The zero-order valence-electron chi connectivity index (χ0n) is 16.8. The van der Waals surface area contributed by atoms with Gasteiger partial charge in [0.25, 0.3) is 0 Å². The number of nitrogens with zero attached hydrogens (tertiary/aromatic N) is 1. The van der Waals surface area contributed by atoms with Crippen LogP contribution in [0.4, 0.5) is 5.69 Å². The number of hydrogen-bond acceptors (Lipinski definition) is 4. The minimum atomic E-state index is -0.0100. The van der Waals surface area contributed by atoms with E-state index in [1.807, 2.05) is 36.4 Å². The maximum atomic E-state index is 12.4. The summed E-state index contributed by atoms with van der Waals surface area (Å²) >= 11 is 5.14. The summed E-state index contributed by atoms with van der Waals surface area (Å²) in [6.07, 6.45) is 3.89. The van der Waals surface area contributed by atoms with Crippen LogP contribution in [0.5, 0.6) is 0 Å². The molecule has 158 valence electrons. The number of hydrogen-bond donors (Lipinski definition) is 2. The van der Waals surface area contributed by atoms with Crippen molar-refractivity contribution in [3.05, 3.63) is 53.0 Å². The second kappa shape index (κ2) is 9.98. The van der Waals surface area contributed by atoms with Crippen molar-refractivity contribution in [1.82, 2.24) is 10.2 Å². The molecular weight excluding hydrogens is 462 g/mol. The Kier molecular flexibility index (Phi) is 7.12. The first kappa shape index (κ1) is 21.4. The van der Waals surface area contributed by atoms with Gasteiger partial charge in [-0.05, 0) is 87.3 Å². The van der Waals surface area contributed by atoms with Gasteiger partial charge < -0.3 is 10.6 Å². The molecule has 0 aromatic heterocycles. The first-order chi connectivity index (χ1) is 14.5. The maximum absolute atomic E-state index is 12.4. The van der Waals surface area contributed by atoms with E-state index in [4.69, 9.17) is 0 Å². The van der Waals surface area contributed by atoms with Crippen molar-refractivity contribution in [3.63, 3.8) is 0 Å². The third-order valence-electron chi connectivity index (χ3n) is 5.44. The molecule has 0 spiro atoms. The van der Waals surface area contributed by atoms with E-state index in [2.05, 4.69) is 43.6 Å². The highest BCUT2D eigenvalue weighted by molar-refractivity contribution is 9.10. The second-order valence-corrected chi connectivity index (χ2v) is 10.0. The Morgan fingerprint density at radius 2 is 1.53 bits per heavy atom. The summed E-state index contributed by atoms with van der Waals surface area (Å²) in [6.45, 7) is 1.95. The van der Waals surface area contributed by atoms with Crippen molar-refractivity contribution in [2.24, 2.45) is 5.92 Å². The molecule has 5 nitrogen and oxygen atoms in total. The fraction of sp³-hybridized carbons (Fsp3) is 0.391. The van der Waals surface area contributed by atoms with Crippen molar-refractivity contribution < 1.29 is 9.59 Å². The summed E-state index contributed by atoms with van der Waals surface area (Å²) < 4.78 is 1.07. The van der Waals surface area contributed by atoms with Gasteiger partial charge >= 0.3 is 0 Å².